The number of fused-ring (bicyclic) bond motifs is 1. The van der Waals surface area contributed by atoms with Crippen LogP contribution in [0.2, 0.25) is 0 Å². The van der Waals surface area contributed by atoms with Crippen LogP contribution >= 0.6 is 11.8 Å². The maximum Gasteiger partial charge on any atom is 0.172 e. The fourth-order valence-electron chi connectivity index (χ4n) is 2.44. The summed E-state index contributed by atoms with van der Waals surface area (Å²) in [6.07, 6.45) is 1.17. The number of thioether (sulfide) groups is 1. The fraction of sp³-hybridized carbons (Fsp3) is 0.333. The van der Waals surface area contributed by atoms with Gasteiger partial charge in [-0.25, -0.2) is 4.98 Å². The first-order valence-electron chi connectivity index (χ1n) is 6.85. The van der Waals surface area contributed by atoms with Gasteiger partial charge in [-0.1, -0.05) is 35.1 Å². The van der Waals surface area contributed by atoms with Crippen molar-refractivity contribution < 1.29 is 9.94 Å². The van der Waals surface area contributed by atoms with Gasteiger partial charge in [0.1, 0.15) is 5.03 Å². The lowest BCUT2D eigenvalue weighted by atomic mass is 10.1. The average Bonchev–Trinajstić information content (AvgIpc) is 2.91. The van der Waals surface area contributed by atoms with Crippen LogP contribution in [0, 0.1) is 0 Å². The minimum absolute atomic E-state index is 0.0855. The summed E-state index contributed by atoms with van der Waals surface area (Å²) >= 11 is 1.64. The quantitative estimate of drug-likeness (QED) is 0.394. The van der Waals surface area contributed by atoms with Gasteiger partial charge in [-0.15, -0.1) is 0 Å². The number of nitrogens with zero attached hydrogens (tertiary/aromatic N) is 2. The minimum Gasteiger partial charge on any atom is -0.409 e. The first-order chi connectivity index (χ1) is 10.2. The molecule has 0 spiro atoms. The molecule has 2 heterocycles. The van der Waals surface area contributed by atoms with E-state index in [9.17, 15) is 0 Å². The Hall–Kier alpha value is -1.79. The van der Waals surface area contributed by atoms with Crippen LogP contribution in [-0.4, -0.2) is 34.0 Å². The third kappa shape index (κ3) is 2.82. The molecule has 0 aliphatic carbocycles. The molecule has 5 nitrogen and oxygen atoms in total. The van der Waals surface area contributed by atoms with E-state index >= 15 is 0 Å². The van der Waals surface area contributed by atoms with E-state index in [0.717, 1.165) is 29.0 Å². The Balaban J connectivity index is 2.05. The van der Waals surface area contributed by atoms with Crippen molar-refractivity contribution in [3.05, 3.63) is 35.9 Å². The van der Waals surface area contributed by atoms with E-state index in [-0.39, 0.29) is 11.9 Å². The molecule has 1 saturated heterocycles. The normalized spacial score (nSPS) is 22.8. The van der Waals surface area contributed by atoms with Crippen molar-refractivity contribution in [2.75, 3.05) is 6.61 Å². The van der Waals surface area contributed by atoms with Gasteiger partial charge in [0.2, 0.25) is 0 Å². The number of aromatic nitrogens is 1. The van der Waals surface area contributed by atoms with Crippen LogP contribution in [0.15, 0.2) is 40.5 Å². The van der Waals surface area contributed by atoms with Crippen LogP contribution in [0.3, 0.4) is 0 Å². The highest BCUT2D eigenvalue weighted by Crippen LogP contribution is 2.34. The second-order valence-corrected chi connectivity index (χ2v) is 6.27. The number of hydrogen-bond donors (Lipinski definition) is 2. The zero-order chi connectivity index (χ0) is 14.8. The van der Waals surface area contributed by atoms with Crippen molar-refractivity contribution in [1.82, 2.24) is 4.98 Å². The molecular weight excluding hydrogens is 286 g/mol. The highest BCUT2D eigenvalue weighted by molar-refractivity contribution is 8.00. The Labute approximate surface area is 127 Å². The molecule has 1 aromatic carbocycles. The molecule has 3 N–H and O–H groups in total. The molecule has 2 unspecified atom stereocenters. The Morgan fingerprint density at radius 3 is 3.00 bits per heavy atom. The number of oxime groups is 1. The van der Waals surface area contributed by atoms with Gasteiger partial charge in [-0.05, 0) is 25.5 Å². The number of hydrogen-bond acceptors (Lipinski definition) is 5. The smallest absolute Gasteiger partial charge is 0.172 e. The van der Waals surface area contributed by atoms with E-state index in [0.29, 0.717) is 10.8 Å². The highest BCUT2D eigenvalue weighted by Gasteiger charge is 2.27. The molecule has 0 amide bonds. The molecule has 6 heteroatoms. The van der Waals surface area contributed by atoms with Gasteiger partial charge in [0.05, 0.1) is 17.2 Å². The van der Waals surface area contributed by atoms with Crippen LogP contribution in [0.5, 0.6) is 0 Å². The second kappa shape index (κ2) is 5.91. The highest BCUT2D eigenvalue weighted by atomic mass is 32.2. The number of nitrogens with two attached hydrogens (primary N) is 1. The molecular formula is C15H17N3O2S. The molecule has 3 rings (SSSR count). The molecule has 21 heavy (non-hydrogen) atoms. The van der Waals surface area contributed by atoms with E-state index in [1.54, 1.807) is 11.8 Å². The number of pyridine rings is 1. The predicted molar refractivity (Wildman–Crippen MR) is 83.9 cm³/mol. The van der Waals surface area contributed by atoms with Crippen LogP contribution in [0.1, 0.15) is 18.9 Å². The number of para-hydroxylation sites is 1. The van der Waals surface area contributed by atoms with Crippen molar-refractivity contribution in [2.24, 2.45) is 10.9 Å². The number of benzene rings is 1. The Bertz CT molecular complexity index is 690. The summed E-state index contributed by atoms with van der Waals surface area (Å²) < 4.78 is 5.59. The van der Waals surface area contributed by atoms with E-state index in [1.165, 1.54) is 0 Å². The van der Waals surface area contributed by atoms with Crippen molar-refractivity contribution in [1.29, 1.82) is 0 Å². The molecule has 1 aliphatic heterocycles. The van der Waals surface area contributed by atoms with Gasteiger partial charge in [0.25, 0.3) is 0 Å². The summed E-state index contributed by atoms with van der Waals surface area (Å²) in [5.41, 5.74) is 7.38. The van der Waals surface area contributed by atoms with Crippen molar-refractivity contribution in [2.45, 2.75) is 29.7 Å². The standard InChI is InChI=1S/C15H17N3O2S/c1-9-13(6-7-20-9)21-15-11(14(16)18-19)8-10-4-2-3-5-12(10)17-15/h2-5,8-9,13,19H,6-7H2,1H3,(H2,16,18). The first kappa shape index (κ1) is 14.2. The maximum absolute atomic E-state index is 9.00. The van der Waals surface area contributed by atoms with Gasteiger partial charge < -0.3 is 15.7 Å². The average molecular weight is 303 g/mol. The molecule has 1 aliphatic rings. The van der Waals surface area contributed by atoms with E-state index in [4.69, 9.17) is 15.7 Å². The predicted octanol–water partition coefficient (Wildman–Crippen LogP) is 2.60. The summed E-state index contributed by atoms with van der Waals surface area (Å²) in [6, 6.07) is 9.74. The Morgan fingerprint density at radius 1 is 1.48 bits per heavy atom. The van der Waals surface area contributed by atoms with Crippen molar-refractivity contribution >= 4 is 28.5 Å². The SMILES string of the molecule is CC1OCCC1Sc1nc2ccccc2cc1/C(N)=N/O. The largest absolute Gasteiger partial charge is 0.409 e. The lowest BCUT2D eigenvalue weighted by Gasteiger charge is -2.15. The molecule has 2 atom stereocenters. The van der Waals surface area contributed by atoms with Crippen LogP contribution in [-0.2, 0) is 4.74 Å². The molecule has 1 fully saturated rings. The fourth-order valence-corrected chi connectivity index (χ4v) is 3.65. The molecule has 0 radical (unpaired) electrons. The third-order valence-corrected chi connectivity index (χ3v) is 5.10. The third-order valence-electron chi connectivity index (χ3n) is 3.64. The molecule has 2 aromatic rings. The summed E-state index contributed by atoms with van der Waals surface area (Å²) in [6.45, 7) is 2.83. The topological polar surface area (TPSA) is 80.7 Å². The van der Waals surface area contributed by atoms with Crippen molar-refractivity contribution in [3.63, 3.8) is 0 Å². The Morgan fingerprint density at radius 2 is 2.29 bits per heavy atom. The van der Waals surface area contributed by atoms with Gasteiger partial charge in [-0.3, -0.25) is 0 Å². The van der Waals surface area contributed by atoms with Gasteiger partial charge >= 0.3 is 0 Å². The molecule has 1 aromatic heterocycles. The van der Waals surface area contributed by atoms with Gasteiger partial charge in [-0.2, -0.15) is 0 Å². The Kier molecular flexibility index (Phi) is 3.98. The summed E-state index contributed by atoms with van der Waals surface area (Å²) in [4.78, 5) is 4.68. The zero-order valence-electron chi connectivity index (χ0n) is 11.7. The molecule has 0 bridgehead atoms. The number of ether oxygens (including phenoxy) is 1. The van der Waals surface area contributed by atoms with E-state index in [1.807, 2.05) is 30.3 Å². The number of amidine groups is 1. The molecule has 110 valence electrons. The lowest BCUT2D eigenvalue weighted by molar-refractivity contribution is 0.127. The summed E-state index contributed by atoms with van der Waals surface area (Å²) in [5.74, 6) is 0.0855. The number of rotatable bonds is 3. The minimum atomic E-state index is 0.0855. The van der Waals surface area contributed by atoms with Crippen LogP contribution < -0.4 is 5.73 Å². The maximum atomic E-state index is 9.00. The van der Waals surface area contributed by atoms with Crippen LogP contribution in [0.25, 0.3) is 10.9 Å². The molecule has 0 saturated carbocycles. The van der Waals surface area contributed by atoms with Gasteiger partial charge in [0, 0.05) is 17.2 Å². The van der Waals surface area contributed by atoms with E-state index < -0.39 is 0 Å². The zero-order valence-corrected chi connectivity index (χ0v) is 12.5. The van der Waals surface area contributed by atoms with Crippen LogP contribution in [0.4, 0.5) is 0 Å². The second-order valence-electron chi connectivity index (χ2n) is 5.04. The summed E-state index contributed by atoms with van der Waals surface area (Å²) in [7, 11) is 0. The monoisotopic (exact) mass is 303 g/mol. The first-order valence-corrected chi connectivity index (χ1v) is 7.73. The van der Waals surface area contributed by atoms with Crippen molar-refractivity contribution in [3.8, 4) is 0 Å². The summed E-state index contributed by atoms with van der Waals surface area (Å²) in [5, 5.41) is 14.2. The van der Waals surface area contributed by atoms with Gasteiger partial charge in [0.15, 0.2) is 5.84 Å². The lowest BCUT2D eigenvalue weighted by Crippen LogP contribution is -2.18. The van der Waals surface area contributed by atoms with E-state index in [2.05, 4.69) is 17.1 Å².